The summed E-state index contributed by atoms with van der Waals surface area (Å²) in [4.78, 5) is 1.36. The lowest BCUT2D eigenvalue weighted by Crippen LogP contribution is -2.07. The van der Waals surface area contributed by atoms with Crippen molar-refractivity contribution in [1.82, 2.24) is 5.32 Å². The highest BCUT2D eigenvalue weighted by molar-refractivity contribution is 7.19. The third-order valence-corrected chi connectivity index (χ3v) is 4.01. The summed E-state index contributed by atoms with van der Waals surface area (Å²) in [5, 5.41) is 4.53. The van der Waals surface area contributed by atoms with Crippen LogP contribution in [0.3, 0.4) is 0 Å². The van der Waals surface area contributed by atoms with Crippen LogP contribution in [0.15, 0.2) is 24.3 Å². The molecule has 0 spiro atoms. The number of nitrogens with one attached hydrogen (secondary N) is 1. The van der Waals surface area contributed by atoms with Crippen LogP contribution in [0.4, 0.5) is 0 Å². The van der Waals surface area contributed by atoms with Crippen molar-refractivity contribution in [3.8, 4) is 0 Å². The molecule has 2 aromatic rings. The molecule has 0 aliphatic heterocycles. The molecule has 0 amide bonds. The van der Waals surface area contributed by atoms with Crippen LogP contribution < -0.4 is 5.32 Å². The van der Waals surface area contributed by atoms with Gasteiger partial charge in [0, 0.05) is 28.8 Å². The highest BCUT2D eigenvalue weighted by Gasteiger charge is 2.11. The summed E-state index contributed by atoms with van der Waals surface area (Å²) in [5.74, 6) is 0. The van der Waals surface area contributed by atoms with Crippen LogP contribution in [0.5, 0.6) is 0 Å². The minimum atomic E-state index is 0.639. The first-order valence-electron chi connectivity index (χ1n) is 6.07. The van der Waals surface area contributed by atoms with Gasteiger partial charge in [-0.15, -0.1) is 11.3 Å². The molecule has 1 N–H and O–H groups in total. The van der Waals surface area contributed by atoms with Crippen molar-refractivity contribution in [3.63, 3.8) is 0 Å². The van der Waals surface area contributed by atoms with Gasteiger partial charge in [0.1, 0.15) is 0 Å². The Hall–Kier alpha value is -0.940. The minimum Gasteiger partial charge on any atom is -0.382 e. The lowest BCUT2D eigenvalue weighted by Gasteiger charge is -2.06. The lowest BCUT2D eigenvalue weighted by atomic mass is 10.1. The number of ether oxygens (including phenoxy) is 2. The van der Waals surface area contributed by atoms with Gasteiger partial charge in [0.25, 0.3) is 0 Å². The van der Waals surface area contributed by atoms with E-state index >= 15 is 0 Å². The van der Waals surface area contributed by atoms with Crippen LogP contribution in [-0.2, 0) is 22.6 Å². The number of hydrogen-bond acceptors (Lipinski definition) is 4. The van der Waals surface area contributed by atoms with E-state index in [9.17, 15) is 0 Å². The zero-order valence-electron chi connectivity index (χ0n) is 10.9. The zero-order valence-corrected chi connectivity index (χ0v) is 11.7. The summed E-state index contributed by atoms with van der Waals surface area (Å²) in [6.45, 7) is 2.83. The van der Waals surface area contributed by atoms with E-state index in [1.165, 1.54) is 20.5 Å². The van der Waals surface area contributed by atoms with Gasteiger partial charge in [-0.1, -0.05) is 18.2 Å². The van der Waals surface area contributed by atoms with Crippen LogP contribution in [0.1, 0.15) is 10.4 Å². The molecular weight excluding hydrogens is 246 g/mol. The Morgan fingerprint density at radius 2 is 2.06 bits per heavy atom. The molecule has 3 nitrogen and oxygen atoms in total. The minimum absolute atomic E-state index is 0.639. The molecule has 0 aliphatic rings. The molecule has 1 aromatic heterocycles. The Bertz CT molecular complexity index is 495. The van der Waals surface area contributed by atoms with Crippen LogP contribution in [-0.4, -0.2) is 27.4 Å². The van der Waals surface area contributed by atoms with Crippen molar-refractivity contribution < 1.29 is 9.47 Å². The van der Waals surface area contributed by atoms with E-state index in [0.717, 1.165) is 6.54 Å². The first-order valence-corrected chi connectivity index (χ1v) is 6.89. The first-order chi connectivity index (χ1) is 8.86. The van der Waals surface area contributed by atoms with Crippen molar-refractivity contribution in [2.24, 2.45) is 0 Å². The molecule has 1 aromatic carbocycles. The Morgan fingerprint density at radius 1 is 1.22 bits per heavy atom. The third-order valence-electron chi connectivity index (χ3n) is 2.80. The number of rotatable bonds is 7. The van der Waals surface area contributed by atoms with Crippen LogP contribution in [0, 0.1) is 0 Å². The van der Waals surface area contributed by atoms with E-state index in [2.05, 4.69) is 29.6 Å². The van der Waals surface area contributed by atoms with Crippen molar-refractivity contribution in [2.45, 2.75) is 13.2 Å². The van der Waals surface area contributed by atoms with Gasteiger partial charge in [0.15, 0.2) is 0 Å². The van der Waals surface area contributed by atoms with Gasteiger partial charge in [0.05, 0.1) is 19.8 Å². The summed E-state index contributed by atoms with van der Waals surface area (Å²) in [5.41, 5.74) is 1.31. The Kier molecular flexibility index (Phi) is 5.13. The van der Waals surface area contributed by atoms with Gasteiger partial charge in [0.2, 0.25) is 0 Å². The molecule has 2 rings (SSSR count). The summed E-state index contributed by atoms with van der Waals surface area (Å²) in [6.07, 6.45) is 0. The second kappa shape index (κ2) is 6.85. The van der Waals surface area contributed by atoms with Crippen molar-refractivity contribution in [1.29, 1.82) is 0 Å². The highest BCUT2D eigenvalue weighted by atomic mass is 32.1. The molecule has 0 atom stereocenters. The topological polar surface area (TPSA) is 30.5 Å². The SMILES string of the molecule is CNCc1sc2ccccc2c1COCCOC. The smallest absolute Gasteiger partial charge is 0.0735 e. The average molecular weight is 265 g/mol. The van der Waals surface area contributed by atoms with Crippen molar-refractivity contribution >= 4 is 21.4 Å². The first kappa shape index (κ1) is 13.5. The lowest BCUT2D eigenvalue weighted by molar-refractivity contribution is 0.0620. The molecule has 0 bridgehead atoms. The highest BCUT2D eigenvalue weighted by Crippen LogP contribution is 2.31. The number of fused-ring (bicyclic) bond motifs is 1. The average Bonchev–Trinajstić information content (AvgIpc) is 2.73. The largest absolute Gasteiger partial charge is 0.382 e. The van der Waals surface area contributed by atoms with Crippen molar-refractivity contribution in [3.05, 3.63) is 34.7 Å². The van der Waals surface area contributed by atoms with Gasteiger partial charge in [-0.3, -0.25) is 0 Å². The Balaban J connectivity index is 2.19. The quantitative estimate of drug-likeness (QED) is 0.781. The molecule has 1 heterocycles. The maximum atomic E-state index is 5.67. The van der Waals surface area contributed by atoms with Crippen LogP contribution >= 0.6 is 11.3 Å². The third kappa shape index (κ3) is 3.09. The molecule has 0 unspecified atom stereocenters. The molecular formula is C14H19NO2S. The molecule has 0 fully saturated rings. The van der Waals surface area contributed by atoms with E-state index in [4.69, 9.17) is 9.47 Å². The molecule has 4 heteroatoms. The molecule has 0 saturated heterocycles. The fourth-order valence-corrected chi connectivity index (χ4v) is 3.15. The van der Waals surface area contributed by atoms with E-state index in [0.29, 0.717) is 19.8 Å². The molecule has 0 aliphatic carbocycles. The molecule has 0 radical (unpaired) electrons. The van der Waals surface area contributed by atoms with Gasteiger partial charge in [-0.25, -0.2) is 0 Å². The van der Waals surface area contributed by atoms with Crippen molar-refractivity contribution in [2.75, 3.05) is 27.4 Å². The fraction of sp³-hybridized carbons (Fsp3) is 0.429. The van der Waals surface area contributed by atoms with Crippen LogP contribution in [0.25, 0.3) is 10.1 Å². The number of hydrogen-bond donors (Lipinski definition) is 1. The van der Waals surface area contributed by atoms with Gasteiger partial charge < -0.3 is 14.8 Å². The zero-order chi connectivity index (χ0) is 12.8. The molecule has 98 valence electrons. The summed E-state index contributed by atoms with van der Waals surface area (Å²) >= 11 is 1.84. The van der Waals surface area contributed by atoms with Gasteiger partial charge in [-0.2, -0.15) is 0 Å². The van der Waals surface area contributed by atoms with E-state index in [1.807, 2.05) is 18.4 Å². The van der Waals surface area contributed by atoms with Crippen LogP contribution in [0.2, 0.25) is 0 Å². The molecule has 0 saturated carbocycles. The summed E-state index contributed by atoms with van der Waals surface area (Å²) < 4.78 is 12.0. The normalized spacial score (nSPS) is 11.2. The van der Waals surface area contributed by atoms with E-state index in [-0.39, 0.29) is 0 Å². The standard InChI is InChI=1S/C14H19NO2S/c1-15-9-14-12(10-17-8-7-16-2)11-5-3-4-6-13(11)18-14/h3-6,15H,7-10H2,1-2H3. The summed E-state index contributed by atoms with van der Waals surface area (Å²) in [6, 6.07) is 8.49. The van der Waals surface area contributed by atoms with E-state index < -0.39 is 0 Å². The number of benzene rings is 1. The second-order valence-corrected chi connectivity index (χ2v) is 5.21. The fourth-order valence-electron chi connectivity index (χ4n) is 1.93. The number of thiophene rings is 1. The maximum absolute atomic E-state index is 5.67. The van der Waals surface area contributed by atoms with Gasteiger partial charge in [-0.05, 0) is 18.5 Å². The van der Waals surface area contributed by atoms with E-state index in [1.54, 1.807) is 7.11 Å². The number of methoxy groups -OCH3 is 1. The predicted molar refractivity (Wildman–Crippen MR) is 76.1 cm³/mol. The predicted octanol–water partition coefficient (Wildman–Crippen LogP) is 2.78. The maximum Gasteiger partial charge on any atom is 0.0735 e. The second-order valence-electron chi connectivity index (χ2n) is 4.08. The Labute approximate surface area is 112 Å². The van der Waals surface area contributed by atoms with Gasteiger partial charge >= 0.3 is 0 Å². The Morgan fingerprint density at radius 3 is 2.83 bits per heavy atom. The monoisotopic (exact) mass is 265 g/mol. The molecule has 18 heavy (non-hydrogen) atoms. The summed E-state index contributed by atoms with van der Waals surface area (Å²) in [7, 11) is 3.66.